The molecule has 0 spiro atoms. The van der Waals surface area contributed by atoms with Crippen molar-refractivity contribution >= 4 is 29.7 Å². The molecule has 0 bridgehead atoms. The first-order valence-electron chi connectivity index (χ1n) is 7.86. The Labute approximate surface area is 159 Å². The number of carbonyl (C=O) groups excluding carboxylic acids is 2. The van der Waals surface area contributed by atoms with Crippen molar-refractivity contribution in [3.05, 3.63) is 70.3 Å². The van der Waals surface area contributed by atoms with Gasteiger partial charge in [-0.05, 0) is 49.4 Å². The molecule has 138 valence electrons. The Bertz CT molecular complexity index is 1020. The highest BCUT2D eigenvalue weighted by atomic mass is 35.5. The van der Waals surface area contributed by atoms with Crippen LogP contribution >= 0.6 is 11.6 Å². The van der Waals surface area contributed by atoms with Crippen molar-refractivity contribution in [2.45, 2.75) is 6.92 Å². The third kappa shape index (κ3) is 4.27. The van der Waals surface area contributed by atoms with Crippen LogP contribution in [0.1, 0.15) is 32.4 Å². The summed E-state index contributed by atoms with van der Waals surface area (Å²) in [4.78, 5) is 23.6. The number of furan rings is 2. The lowest BCUT2D eigenvalue weighted by atomic mass is 10.1. The highest BCUT2D eigenvalue weighted by Crippen LogP contribution is 2.27. The molecule has 7 nitrogen and oxygen atoms in total. The molecule has 2 heterocycles. The van der Waals surface area contributed by atoms with Gasteiger partial charge in [-0.3, -0.25) is 4.79 Å². The van der Waals surface area contributed by atoms with Crippen molar-refractivity contribution in [3.63, 3.8) is 0 Å². The Kier molecular flexibility index (Phi) is 5.42. The number of nitrogens with zero attached hydrogens (tertiary/aromatic N) is 1. The average molecular weight is 387 g/mol. The van der Waals surface area contributed by atoms with Gasteiger partial charge in [0.05, 0.1) is 23.9 Å². The normalized spacial score (nSPS) is 10.9. The minimum absolute atomic E-state index is 0.168. The second-order valence-electron chi connectivity index (χ2n) is 5.50. The number of methoxy groups -OCH3 is 1. The number of hydrazone groups is 1. The highest BCUT2D eigenvalue weighted by molar-refractivity contribution is 6.33. The molecule has 1 amide bonds. The topological polar surface area (TPSA) is 94.0 Å². The fourth-order valence-corrected chi connectivity index (χ4v) is 2.48. The summed E-state index contributed by atoms with van der Waals surface area (Å²) in [5, 5.41) is 4.12. The number of amides is 1. The van der Waals surface area contributed by atoms with Gasteiger partial charge in [-0.15, -0.1) is 0 Å². The van der Waals surface area contributed by atoms with Crippen molar-refractivity contribution in [3.8, 4) is 11.3 Å². The van der Waals surface area contributed by atoms with Gasteiger partial charge in [0.2, 0.25) is 0 Å². The number of hydrogen-bond acceptors (Lipinski definition) is 6. The zero-order valence-electron chi connectivity index (χ0n) is 14.5. The Morgan fingerprint density at radius 2 is 1.96 bits per heavy atom. The predicted molar refractivity (Wildman–Crippen MR) is 99.0 cm³/mol. The Hall–Kier alpha value is -3.32. The van der Waals surface area contributed by atoms with Gasteiger partial charge >= 0.3 is 11.9 Å². The molecule has 0 radical (unpaired) electrons. The summed E-state index contributed by atoms with van der Waals surface area (Å²) in [6.45, 7) is 1.74. The second kappa shape index (κ2) is 7.92. The fourth-order valence-electron chi connectivity index (χ4n) is 2.29. The molecule has 0 unspecified atom stereocenters. The molecule has 2 aromatic heterocycles. The summed E-state index contributed by atoms with van der Waals surface area (Å²) in [5.41, 5.74) is 3.23. The van der Waals surface area contributed by atoms with Gasteiger partial charge in [-0.2, -0.15) is 5.10 Å². The lowest BCUT2D eigenvalue weighted by Crippen LogP contribution is -2.16. The van der Waals surface area contributed by atoms with Crippen LogP contribution in [0, 0.1) is 6.92 Å². The second-order valence-corrected chi connectivity index (χ2v) is 5.90. The van der Waals surface area contributed by atoms with E-state index in [0.29, 0.717) is 22.8 Å². The Balaban J connectivity index is 1.71. The molecular weight excluding hydrogens is 372 g/mol. The van der Waals surface area contributed by atoms with Gasteiger partial charge in [0.1, 0.15) is 17.3 Å². The van der Waals surface area contributed by atoms with Crippen LogP contribution in [-0.2, 0) is 4.74 Å². The van der Waals surface area contributed by atoms with E-state index < -0.39 is 11.9 Å². The molecule has 1 N–H and O–H groups in total. The predicted octanol–water partition coefficient (Wildman–Crippen LogP) is 4.05. The quantitative estimate of drug-likeness (QED) is 0.405. The third-order valence-corrected chi connectivity index (χ3v) is 3.93. The molecule has 0 aliphatic carbocycles. The number of halogens is 1. The van der Waals surface area contributed by atoms with E-state index in [0.717, 1.165) is 0 Å². The Morgan fingerprint density at radius 3 is 2.67 bits per heavy atom. The summed E-state index contributed by atoms with van der Waals surface area (Å²) in [6, 6.07) is 11.5. The van der Waals surface area contributed by atoms with Crippen molar-refractivity contribution in [2.75, 3.05) is 7.11 Å². The lowest BCUT2D eigenvalue weighted by Gasteiger charge is -2.04. The first-order valence-corrected chi connectivity index (χ1v) is 8.23. The third-order valence-electron chi connectivity index (χ3n) is 3.61. The van der Waals surface area contributed by atoms with E-state index in [1.54, 1.807) is 49.4 Å². The van der Waals surface area contributed by atoms with E-state index in [2.05, 4.69) is 10.5 Å². The number of rotatable bonds is 5. The van der Waals surface area contributed by atoms with Gasteiger partial charge in [-0.1, -0.05) is 11.6 Å². The summed E-state index contributed by atoms with van der Waals surface area (Å²) >= 11 is 6.01. The number of carbonyl (C=O) groups is 2. The molecule has 3 rings (SSSR count). The van der Waals surface area contributed by atoms with Gasteiger partial charge in [0, 0.05) is 5.56 Å². The Morgan fingerprint density at radius 1 is 1.15 bits per heavy atom. The SMILES string of the molecule is COC(=O)c1cc(-c2ccc(C=NNC(=O)c3ccc(C)o3)o2)ccc1Cl. The minimum Gasteiger partial charge on any atom is -0.465 e. The van der Waals surface area contributed by atoms with E-state index in [9.17, 15) is 9.59 Å². The van der Waals surface area contributed by atoms with E-state index in [1.165, 1.54) is 13.3 Å². The number of esters is 1. The summed E-state index contributed by atoms with van der Waals surface area (Å²) in [6.07, 6.45) is 1.36. The molecule has 0 saturated heterocycles. The summed E-state index contributed by atoms with van der Waals surface area (Å²) < 4.78 is 15.6. The number of ether oxygens (including phenoxy) is 1. The van der Waals surface area contributed by atoms with Crippen molar-refractivity contribution in [2.24, 2.45) is 5.10 Å². The van der Waals surface area contributed by atoms with Crippen LogP contribution < -0.4 is 5.43 Å². The van der Waals surface area contributed by atoms with Crippen molar-refractivity contribution in [1.29, 1.82) is 0 Å². The van der Waals surface area contributed by atoms with E-state index in [1.807, 2.05) is 0 Å². The largest absolute Gasteiger partial charge is 0.465 e. The minimum atomic E-state index is -0.536. The molecule has 0 aliphatic rings. The molecule has 27 heavy (non-hydrogen) atoms. The standard InChI is InChI=1S/C19H15ClN2O5/c1-11-3-7-17(26-11)18(23)22-21-10-13-5-8-16(27-13)12-4-6-15(20)14(9-12)19(24)25-2/h3-10H,1-2H3,(H,22,23). The maximum absolute atomic E-state index is 11.8. The van der Waals surface area contributed by atoms with Gasteiger partial charge < -0.3 is 13.6 Å². The van der Waals surface area contributed by atoms with E-state index in [-0.39, 0.29) is 16.3 Å². The maximum Gasteiger partial charge on any atom is 0.339 e. The van der Waals surface area contributed by atoms with E-state index in [4.69, 9.17) is 25.2 Å². The van der Waals surface area contributed by atoms with Gasteiger partial charge in [0.15, 0.2) is 5.76 Å². The molecule has 0 atom stereocenters. The molecule has 0 saturated carbocycles. The van der Waals surface area contributed by atoms with Gasteiger partial charge in [-0.25, -0.2) is 10.2 Å². The van der Waals surface area contributed by atoms with Crippen LogP contribution in [0.5, 0.6) is 0 Å². The molecule has 3 aromatic rings. The molecule has 8 heteroatoms. The van der Waals surface area contributed by atoms with E-state index >= 15 is 0 Å². The van der Waals surface area contributed by atoms with Crippen LogP contribution in [0.15, 0.2) is 56.4 Å². The maximum atomic E-state index is 11.8. The lowest BCUT2D eigenvalue weighted by molar-refractivity contribution is 0.0601. The van der Waals surface area contributed by atoms with Crippen LogP contribution in [0.2, 0.25) is 5.02 Å². The van der Waals surface area contributed by atoms with Crippen LogP contribution in [0.25, 0.3) is 11.3 Å². The van der Waals surface area contributed by atoms with Crippen LogP contribution in [0.4, 0.5) is 0 Å². The zero-order valence-corrected chi connectivity index (χ0v) is 15.2. The van der Waals surface area contributed by atoms with Crippen molar-refractivity contribution < 1.29 is 23.2 Å². The zero-order chi connectivity index (χ0) is 19.4. The first kappa shape index (κ1) is 18.5. The summed E-state index contributed by atoms with van der Waals surface area (Å²) in [5.74, 6) is 0.717. The monoisotopic (exact) mass is 386 g/mol. The summed E-state index contributed by atoms with van der Waals surface area (Å²) in [7, 11) is 1.28. The molecule has 0 fully saturated rings. The van der Waals surface area contributed by atoms with Crippen LogP contribution in [0.3, 0.4) is 0 Å². The average Bonchev–Trinajstić information content (AvgIpc) is 3.30. The number of benzene rings is 1. The highest BCUT2D eigenvalue weighted by Gasteiger charge is 2.14. The first-order chi connectivity index (χ1) is 13.0. The van der Waals surface area contributed by atoms with Crippen molar-refractivity contribution in [1.82, 2.24) is 5.43 Å². The number of hydrogen-bond donors (Lipinski definition) is 1. The molecule has 0 aliphatic heterocycles. The smallest absolute Gasteiger partial charge is 0.339 e. The number of aryl methyl sites for hydroxylation is 1. The van der Waals surface area contributed by atoms with Gasteiger partial charge in [0.25, 0.3) is 0 Å². The fraction of sp³-hybridized carbons (Fsp3) is 0.105. The number of nitrogens with one attached hydrogen (secondary N) is 1. The van der Waals surface area contributed by atoms with Crippen LogP contribution in [-0.4, -0.2) is 25.2 Å². The molecular formula is C19H15ClN2O5. The molecule has 1 aromatic carbocycles.